The van der Waals surface area contributed by atoms with Crippen molar-refractivity contribution in [2.75, 3.05) is 25.1 Å². The lowest BCUT2D eigenvalue weighted by Crippen LogP contribution is -2.38. The molecule has 1 saturated heterocycles. The number of nitrogens with one attached hydrogen (secondary N) is 2. The smallest absolute Gasteiger partial charge is 0.254 e. The van der Waals surface area contributed by atoms with Crippen LogP contribution in [0, 0.1) is 0 Å². The average Bonchev–Trinajstić information content (AvgIpc) is 3.36. The monoisotopic (exact) mass is 613 g/mol. The molecule has 6 rings (SSSR count). The van der Waals surface area contributed by atoms with Crippen LogP contribution in [0.15, 0.2) is 60.9 Å². The van der Waals surface area contributed by atoms with Gasteiger partial charge in [0.25, 0.3) is 5.91 Å². The van der Waals surface area contributed by atoms with Gasteiger partial charge in [-0.1, -0.05) is 48.0 Å². The molecule has 1 fully saturated rings. The zero-order valence-electron chi connectivity index (χ0n) is 24.2. The number of halogens is 1. The molecule has 2 aromatic carbocycles. The van der Waals surface area contributed by atoms with Crippen LogP contribution in [0.1, 0.15) is 53.0 Å². The molecule has 44 heavy (non-hydrogen) atoms. The average molecular weight is 614 g/mol. The number of rotatable bonds is 9. The molecule has 0 radical (unpaired) electrons. The lowest BCUT2D eigenvalue weighted by atomic mass is 10.0. The molecule has 0 saturated carbocycles. The highest BCUT2D eigenvalue weighted by atomic mass is 35.5. The Kier molecular flexibility index (Phi) is 8.78. The first kappa shape index (κ1) is 29.6. The van der Waals surface area contributed by atoms with Gasteiger partial charge in [0.15, 0.2) is 5.82 Å². The van der Waals surface area contributed by atoms with Crippen molar-refractivity contribution in [3.05, 3.63) is 88.3 Å². The molecule has 0 spiro atoms. The van der Waals surface area contributed by atoms with Gasteiger partial charge in [0.05, 0.1) is 35.3 Å². The van der Waals surface area contributed by atoms with Gasteiger partial charge in [-0.2, -0.15) is 0 Å². The summed E-state index contributed by atoms with van der Waals surface area (Å²) in [4.78, 5) is 45.4. The van der Waals surface area contributed by atoms with Crippen molar-refractivity contribution in [3.63, 3.8) is 0 Å². The third kappa shape index (κ3) is 6.54. The van der Waals surface area contributed by atoms with E-state index in [2.05, 4.69) is 30.6 Å². The summed E-state index contributed by atoms with van der Waals surface area (Å²) in [6, 6.07) is 14.7. The number of anilines is 1. The van der Waals surface area contributed by atoms with Gasteiger partial charge in [-0.15, -0.1) is 0 Å². The first-order valence-electron chi connectivity index (χ1n) is 14.5. The molecule has 1 atom stereocenters. The van der Waals surface area contributed by atoms with E-state index in [1.54, 1.807) is 24.5 Å². The Morgan fingerprint density at radius 3 is 2.64 bits per heavy atom. The lowest BCUT2D eigenvalue weighted by Gasteiger charge is -2.23. The molecule has 0 bridgehead atoms. The number of hydrogen-bond acceptors (Lipinski definition) is 9. The Balaban J connectivity index is 1.08. The summed E-state index contributed by atoms with van der Waals surface area (Å²) in [6.07, 6.45) is 4.92. The van der Waals surface area contributed by atoms with Crippen LogP contribution in [0.25, 0.3) is 22.6 Å². The molecule has 1 unspecified atom stereocenters. The van der Waals surface area contributed by atoms with E-state index in [0.29, 0.717) is 59.1 Å². The third-order valence-electron chi connectivity index (χ3n) is 7.82. The van der Waals surface area contributed by atoms with E-state index in [1.165, 1.54) is 4.90 Å². The van der Waals surface area contributed by atoms with Crippen LogP contribution in [0.3, 0.4) is 0 Å². The van der Waals surface area contributed by atoms with Crippen molar-refractivity contribution in [2.45, 2.75) is 45.0 Å². The number of ether oxygens (including phenoxy) is 1. The summed E-state index contributed by atoms with van der Waals surface area (Å²) in [5.74, 6) is 0.521. The molecule has 2 amide bonds. The number of carbonyl (C=O) groups is 2. The van der Waals surface area contributed by atoms with E-state index in [4.69, 9.17) is 16.3 Å². The summed E-state index contributed by atoms with van der Waals surface area (Å²) < 4.78 is 5.43. The van der Waals surface area contributed by atoms with Crippen molar-refractivity contribution in [3.8, 4) is 22.6 Å². The highest BCUT2D eigenvalue weighted by Crippen LogP contribution is 2.32. The van der Waals surface area contributed by atoms with E-state index < -0.39 is 0 Å². The standard InChI is InChI=1S/C32H32ClN7O4/c1-19(20-2-4-21(5-3-20)30-34-11-8-25(18-41)37-30)36-28(42)17-40-16-23-7-6-22(14-26(23)31(40)43)29-27(33)15-35-32(39-29)38-24-9-12-44-13-10-24/h2-8,11,14-15,19,24,41H,9-10,12-13,16-18H2,1H3,(H,36,42)(H,35,38,39). The zero-order valence-corrected chi connectivity index (χ0v) is 24.9. The maximum Gasteiger partial charge on any atom is 0.254 e. The van der Waals surface area contributed by atoms with E-state index in [0.717, 1.165) is 29.5 Å². The molecule has 2 aromatic heterocycles. The Bertz CT molecular complexity index is 1680. The maximum atomic E-state index is 13.3. The Hall–Kier alpha value is -4.45. The van der Waals surface area contributed by atoms with Crippen LogP contribution >= 0.6 is 11.6 Å². The van der Waals surface area contributed by atoms with Gasteiger partial charge in [-0.25, -0.2) is 19.9 Å². The first-order chi connectivity index (χ1) is 21.4. The van der Waals surface area contributed by atoms with Gasteiger partial charge >= 0.3 is 0 Å². The molecule has 0 aliphatic carbocycles. The number of fused-ring (bicyclic) bond motifs is 1. The summed E-state index contributed by atoms with van der Waals surface area (Å²) in [7, 11) is 0. The maximum absolute atomic E-state index is 13.3. The second kappa shape index (κ2) is 13.0. The number of aromatic nitrogens is 4. The SMILES string of the molecule is CC(NC(=O)CN1Cc2ccc(-c3nc(NC4CCOCC4)ncc3Cl)cc2C1=O)c1ccc(-c2nccc(CO)n2)cc1. The van der Waals surface area contributed by atoms with E-state index in [1.807, 2.05) is 43.3 Å². The van der Waals surface area contributed by atoms with Gasteiger partial charge in [-0.05, 0) is 43.0 Å². The Morgan fingerprint density at radius 2 is 1.86 bits per heavy atom. The predicted molar refractivity (Wildman–Crippen MR) is 165 cm³/mol. The molecule has 4 heterocycles. The lowest BCUT2D eigenvalue weighted by molar-refractivity contribution is -0.122. The minimum absolute atomic E-state index is 0.0690. The van der Waals surface area contributed by atoms with E-state index in [-0.39, 0.29) is 37.0 Å². The van der Waals surface area contributed by atoms with Crippen LogP contribution in [0.5, 0.6) is 0 Å². The molecule has 226 valence electrons. The van der Waals surface area contributed by atoms with Gasteiger partial charge in [0.2, 0.25) is 11.9 Å². The third-order valence-corrected chi connectivity index (χ3v) is 8.09. The predicted octanol–water partition coefficient (Wildman–Crippen LogP) is 4.17. The Morgan fingerprint density at radius 1 is 1.09 bits per heavy atom. The van der Waals surface area contributed by atoms with Crippen LogP contribution in [0.2, 0.25) is 5.02 Å². The molecule has 2 aliphatic rings. The highest BCUT2D eigenvalue weighted by molar-refractivity contribution is 6.33. The molecule has 11 nitrogen and oxygen atoms in total. The minimum Gasteiger partial charge on any atom is -0.390 e. The minimum atomic E-state index is -0.281. The van der Waals surface area contributed by atoms with Crippen LogP contribution in [-0.4, -0.2) is 67.6 Å². The fraction of sp³-hybridized carbons (Fsp3) is 0.312. The normalized spacial score (nSPS) is 15.6. The number of aliphatic hydroxyl groups is 1. The molecular formula is C32H32ClN7O4. The van der Waals surface area contributed by atoms with Crippen molar-refractivity contribution < 1.29 is 19.4 Å². The second-order valence-electron chi connectivity index (χ2n) is 10.9. The number of carbonyl (C=O) groups excluding carboxylic acids is 2. The molecule has 12 heteroatoms. The van der Waals surface area contributed by atoms with Gasteiger partial charge < -0.3 is 25.4 Å². The Labute approximate surface area is 259 Å². The van der Waals surface area contributed by atoms with Crippen molar-refractivity contribution >= 4 is 29.4 Å². The van der Waals surface area contributed by atoms with Gasteiger partial charge in [0, 0.05) is 48.7 Å². The van der Waals surface area contributed by atoms with Crippen LogP contribution in [-0.2, 0) is 22.7 Å². The highest BCUT2D eigenvalue weighted by Gasteiger charge is 2.30. The molecule has 2 aliphatic heterocycles. The first-order valence-corrected chi connectivity index (χ1v) is 14.9. The number of nitrogens with zero attached hydrogens (tertiary/aromatic N) is 5. The fourth-order valence-electron chi connectivity index (χ4n) is 5.39. The number of amides is 2. The molecular weight excluding hydrogens is 582 g/mol. The number of aliphatic hydroxyl groups excluding tert-OH is 1. The van der Waals surface area contributed by atoms with Gasteiger partial charge in [-0.3, -0.25) is 9.59 Å². The molecule has 4 aromatic rings. The molecule has 3 N–H and O–H groups in total. The van der Waals surface area contributed by atoms with Crippen molar-refractivity contribution in [1.29, 1.82) is 0 Å². The van der Waals surface area contributed by atoms with E-state index in [9.17, 15) is 14.7 Å². The number of hydrogen-bond donors (Lipinski definition) is 3. The largest absolute Gasteiger partial charge is 0.390 e. The van der Waals surface area contributed by atoms with Crippen LogP contribution in [0.4, 0.5) is 5.95 Å². The topological polar surface area (TPSA) is 142 Å². The summed E-state index contributed by atoms with van der Waals surface area (Å²) in [6.45, 7) is 3.40. The van der Waals surface area contributed by atoms with Crippen LogP contribution < -0.4 is 10.6 Å². The summed E-state index contributed by atoms with van der Waals surface area (Å²) >= 11 is 6.47. The summed E-state index contributed by atoms with van der Waals surface area (Å²) in [5.41, 5.74) is 4.85. The number of benzene rings is 2. The zero-order chi connectivity index (χ0) is 30.6. The van der Waals surface area contributed by atoms with Gasteiger partial charge in [0.1, 0.15) is 6.54 Å². The van der Waals surface area contributed by atoms with Crippen molar-refractivity contribution in [2.24, 2.45) is 0 Å². The van der Waals surface area contributed by atoms with E-state index >= 15 is 0 Å². The summed E-state index contributed by atoms with van der Waals surface area (Å²) in [5, 5.41) is 16.1. The quantitative estimate of drug-likeness (QED) is 0.253. The fourth-order valence-corrected chi connectivity index (χ4v) is 5.59. The van der Waals surface area contributed by atoms with Crippen molar-refractivity contribution in [1.82, 2.24) is 30.2 Å². The second-order valence-corrected chi connectivity index (χ2v) is 11.3.